The maximum atomic E-state index is 11.8. The van der Waals surface area contributed by atoms with Crippen LogP contribution in [0, 0.1) is 0 Å². The molecule has 0 unspecified atom stereocenters. The minimum absolute atomic E-state index is 0.148. The zero-order chi connectivity index (χ0) is 11.0. The van der Waals surface area contributed by atoms with Gasteiger partial charge in [-0.1, -0.05) is 32.0 Å². The second-order valence-electron chi connectivity index (χ2n) is 2.19. The second-order valence-corrected chi connectivity index (χ2v) is 2.19. The standard InChI is InChI=1S/C8H9F2NO.C2H6/c9-8(10)12-7-4-2-1-3-6(7)5-11;1-2/h1-4,8H,5,11H2;1-2H3. The van der Waals surface area contributed by atoms with E-state index in [0.29, 0.717) is 5.56 Å². The molecular weight excluding hydrogens is 188 g/mol. The highest BCUT2D eigenvalue weighted by Gasteiger charge is 2.06. The number of rotatable bonds is 3. The highest BCUT2D eigenvalue weighted by atomic mass is 19.3. The highest BCUT2D eigenvalue weighted by Crippen LogP contribution is 2.18. The summed E-state index contributed by atoms with van der Waals surface area (Å²) in [6.07, 6.45) is 0. The Labute approximate surface area is 82.7 Å². The Hall–Kier alpha value is -1.16. The number of benzene rings is 1. The fourth-order valence-electron chi connectivity index (χ4n) is 0.883. The van der Waals surface area contributed by atoms with Crippen LogP contribution in [0.15, 0.2) is 24.3 Å². The van der Waals surface area contributed by atoms with E-state index >= 15 is 0 Å². The Balaban J connectivity index is 0.000000791. The molecule has 0 aliphatic carbocycles. The molecule has 1 rings (SSSR count). The first-order chi connectivity index (χ1) is 6.74. The Morgan fingerprint density at radius 1 is 1.29 bits per heavy atom. The van der Waals surface area contributed by atoms with Gasteiger partial charge in [-0.2, -0.15) is 8.78 Å². The van der Waals surface area contributed by atoms with Crippen molar-refractivity contribution in [3.8, 4) is 5.75 Å². The minimum atomic E-state index is -2.79. The summed E-state index contributed by atoms with van der Waals surface area (Å²) in [4.78, 5) is 0. The third-order valence-electron chi connectivity index (χ3n) is 1.41. The monoisotopic (exact) mass is 203 g/mol. The van der Waals surface area contributed by atoms with Crippen LogP contribution >= 0.6 is 0 Å². The Kier molecular flexibility index (Phi) is 6.66. The van der Waals surface area contributed by atoms with E-state index in [1.807, 2.05) is 13.8 Å². The smallest absolute Gasteiger partial charge is 0.387 e. The number of para-hydroxylation sites is 1. The van der Waals surface area contributed by atoms with E-state index in [2.05, 4.69) is 4.74 Å². The fraction of sp³-hybridized carbons (Fsp3) is 0.400. The number of nitrogens with two attached hydrogens (primary N) is 1. The molecule has 0 fully saturated rings. The topological polar surface area (TPSA) is 35.2 Å². The van der Waals surface area contributed by atoms with Gasteiger partial charge in [-0.15, -0.1) is 0 Å². The normalized spacial score (nSPS) is 9.29. The van der Waals surface area contributed by atoms with Gasteiger partial charge in [0.1, 0.15) is 5.75 Å². The molecule has 0 bridgehead atoms. The molecule has 0 saturated carbocycles. The van der Waals surface area contributed by atoms with Gasteiger partial charge in [-0.25, -0.2) is 0 Å². The third-order valence-corrected chi connectivity index (χ3v) is 1.41. The molecule has 0 heterocycles. The summed E-state index contributed by atoms with van der Waals surface area (Å²) in [7, 11) is 0. The molecular formula is C10H15F2NO. The minimum Gasteiger partial charge on any atom is -0.434 e. The van der Waals surface area contributed by atoms with Crippen molar-refractivity contribution >= 4 is 0 Å². The molecule has 2 nitrogen and oxygen atoms in total. The molecule has 1 aromatic rings. The summed E-state index contributed by atoms with van der Waals surface area (Å²) in [5, 5.41) is 0. The van der Waals surface area contributed by atoms with Gasteiger partial charge in [0.25, 0.3) is 0 Å². The van der Waals surface area contributed by atoms with Crippen molar-refractivity contribution in [1.82, 2.24) is 0 Å². The number of hydrogen-bond donors (Lipinski definition) is 1. The zero-order valence-electron chi connectivity index (χ0n) is 8.34. The Bertz CT molecular complexity index is 254. The lowest BCUT2D eigenvalue weighted by molar-refractivity contribution is -0.0504. The number of ether oxygens (including phenoxy) is 1. The van der Waals surface area contributed by atoms with Crippen LogP contribution in [0.2, 0.25) is 0 Å². The van der Waals surface area contributed by atoms with Crippen molar-refractivity contribution < 1.29 is 13.5 Å². The first kappa shape index (κ1) is 12.8. The van der Waals surface area contributed by atoms with Crippen LogP contribution in [-0.4, -0.2) is 6.61 Å². The number of hydrogen-bond acceptors (Lipinski definition) is 2. The molecule has 0 aliphatic rings. The second kappa shape index (κ2) is 7.26. The van der Waals surface area contributed by atoms with Crippen LogP contribution in [0.4, 0.5) is 8.78 Å². The third kappa shape index (κ3) is 4.18. The summed E-state index contributed by atoms with van der Waals surface area (Å²) >= 11 is 0. The van der Waals surface area contributed by atoms with E-state index in [4.69, 9.17) is 5.73 Å². The van der Waals surface area contributed by atoms with E-state index in [1.54, 1.807) is 18.2 Å². The van der Waals surface area contributed by atoms with E-state index in [0.717, 1.165) is 0 Å². The summed E-state index contributed by atoms with van der Waals surface area (Å²) in [5.41, 5.74) is 5.88. The summed E-state index contributed by atoms with van der Waals surface area (Å²) in [6.45, 7) is 1.40. The van der Waals surface area contributed by atoms with Crippen molar-refractivity contribution in [2.45, 2.75) is 27.0 Å². The van der Waals surface area contributed by atoms with Crippen molar-refractivity contribution in [3.63, 3.8) is 0 Å². The van der Waals surface area contributed by atoms with E-state index in [1.165, 1.54) is 6.07 Å². The molecule has 0 atom stereocenters. The lowest BCUT2D eigenvalue weighted by Crippen LogP contribution is -2.06. The Morgan fingerprint density at radius 3 is 2.36 bits per heavy atom. The predicted octanol–water partition coefficient (Wildman–Crippen LogP) is 2.77. The molecule has 80 valence electrons. The molecule has 14 heavy (non-hydrogen) atoms. The summed E-state index contributed by atoms with van der Waals surface area (Å²) < 4.78 is 27.8. The average Bonchev–Trinajstić information content (AvgIpc) is 2.21. The molecule has 0 aliphatic heterocycles. The van der Waals surface area contributed by atoms with Crippen LogP contribution in [0.25, 0.3) is 0 Å². The fourth-order valence-corrected chi connectivity index (χ4v) is 0.883. The van der Waals surface area contributed by atoms with Crippen LogP contribution in [0.1, 0.15) is 19.4 Å². The molecule has 0 aromatic heterocycles. The van der Waals surface area contributed by atoms with Gasteiger partial charge in [-0.05, 0) is 6.07 Å². The van der Waals surface area contributed by atoms with Gasteiger partial charge in [0, 0.05) is 12.1 Å². The largest absolute Gasteiger partial charge is 0.434 e. The maximum absolute atomic E-state index is 11.8. The summed E-state index contributed by atoms with van der Waals surface area (Å²) in [5.74, 6) is 0.148. The molecule has 0 radical (unpaired) electrons. The predicted molar refractivity (Wildman–Crippen MR) is 52.3 cm³/mol. The van der Waals surface area contributed by atoms with Crippen molar-refractivity contribution in [2.75, 3.05) is 0 Å². The van der Waals surface area contributed by atoms with Gasteiger partial charge in [0.2, 0.25) is 0 Å². The van der Waals surface area contributed by atoms with Crippen molar-refractivity contribution in [1.29, 1.82) is 0 Å². The average molecular weight is 203 g/mol. The molecule has 4 heteroatoms. The first-order valence-electron chi connectivity index (χ1n) is 4.47. The van der Waals surface area contributed by atoms with E-state index in [-0.39, 0.29) is 12.3 Å². The molecule has 0 spiro atoms. The molecule has 0 saturated heterocycles. The molecule has 0 amide bonds. The van der Waals surface area contributed by atoms with Crippen LogP contribution in [0.5, 0.6) is 5.75 Å². The molecule has 1 aromatic carbocycles. The van der Waals surface area contributed by atoms with Gasteiger partial charge in [-0.3, -0.25) is 0 Å². The lowest BCUT2D eigenvalue weighted by Gasteiger charge is -2.07. The zero-order valence-corrected chi connectivity index (χ0v) is 8.34. The first-order valence-corrected chi connectivity index (χ1v) is 4.47. The van der Waals surface area contributed by atoms with Crippen molar-refractivity contribution in [3.05, 3.63) is 29.8 Å². The van der Waals surface area contributed by atoms with Gasteiger partial charge in [0.05, 0.1) is 0 Å². The maximum Gasteiger partial charge on any atom is 0.387 e. The van der Waals surface area contributed by atoms with Crippen LogP contribution < -0.4 is 10.5 Å². The van der Waals surface area contributed by atoms with E-state index in [9.17, 15) is 8.78 Å². The lowest BCUT2D eigenvalue weighted by atomic mass is 10.2. The van der Waals surface area contributed by atoms with Crippen LogP contribution in [0.3, 0.4) is 0 Å². The number of halogens is 2. The quantitative estimate of drug-likeness (QED) is 0.819. The van der Waals surface area contributed by atoms with Crippen molar-refractivity contribution in [2.24, 2.45) is 5.73 Å². The van der Waals surface area contributed by atoms with Gasteiger partial charge < -0.3 is 10.5 Å². The molecule has 2 N–H and O–H groups in total. The van der Waals surface area contributed by atoms with Gasteiger partial charge in [0.15, 0.2) is 0 Å². The SMILES string of the molecule is CC.NCc1ccccc1OC(F)F. The number of alkyl halides is 2. The summed E-state index contributed by atoms with van der Waals surface area (Å²) in [6, 6.07) is 6.46. The Morgan fingerprint density at radius 2 is 1.86 bits per heavy atom. The highest BCUT2D eigenvalue weighted by molar-refractivity contribution is 5.32. The van der Waals surface area contributed by atoms with Crippen LogP contribution in [-0.2, 0) is 6.54 Å². The van der Waals surface area contributed by atoms with Gasteiger partial charge >= 0.3 is 6.61 Å². The van der Waals surface area contributed by atoms with E-state index < -0.39 is 6.61 Å².